The molecule has 0 aromatic heterocycles. The van der Waals surface area contributed by atoms with E-state index in [1.54, 1.807) is 0 Å². The van der Waals surface area contributed by atoms with Gasteiger partial charge in [-0.15, -0.1) is 0 Å². The second kappa shape index (κ2) is 6.04. The van der Waals surface area contributed by atoms with E-state index in [0.717, 1.165) is 12.1 Å². The summed E-state index contributed by atoms with van der Waals surface area (Å²) in [6.07, 6.45) is -0.947. The van der Waals surface area contributed by atoms with Gasteiger partial charge >= 0.3 is 0 Å². The Morgan fingerprint density at radius 1 is 1.53 bits per heavy atom. The molecule has 0 saturated carbocycles. The molecule has 0 aliphatic rings. The van der Waals surface area contributed by atoms with E-state index in [0.29, 0.717) is 0 Å². The molecule has 0 fully saturated rings. The average Bonchev–Trinajstić information content (AvgIpc) is 2.25. The third-order valence-corrected chi connectivity index (χ3v) is 2.50. The number of benzene rings is 1. The number of hydrogen-bond acceptors (Lipinski definition) is 3. The summed E-state index contributed by atoms with van der Waals surface area (Å²) in [5.74, 6) is -2.45. The van der Waals surface area contributed by atoms with Gasteiger partial charge in [0.1, 0.15) is 11.8 Å². The molecule has 17 heavy (non-hydrogen) atoms. The Labute approximate surface area is 105 Å². The summed E-state index contributed by atoms with van der Waals surface area (Å²) in [6.45, 7) is -0.0813. The number of ether oxygens (including phenoxy) is 1. The monoisotopic (exact) mass is 308 g/mol. The summed E-state index contributed by atoms with van der Waals surface area (Å²) >= 11 is 2.93. The zero-order valence-corrected chi connectivity index (χ0v) is 10.6. The highest BCUT2D eigenvalue weighted by Gasteiger charge is 2.19. The predicted octanol–water partition coefficient (Wildman–Crippen LogP) is 1.64. The Kier molecular flexibility index (Phi) is 4.98. The smallest absolute Gasteiger partial charge is 0.254 e. The van der Waals surface area contributed by atoms with Gasteiger partial charge in [-0.2, -0.15) is 0 Å². The van der Waals surface area contributed by atoms with Crippen molar-refractivity contribution in [2.75, 3.05) is 19.0 Å². The van der Waals surface area contributed by atoms with Crippen molar-refractivity contribution in [3.63, 3.8) is 0 Å². The third-order valence-electron chi connectivity index (χ3n) is 2.05. The van der Waals surface area contributed by atoms with Crippen LogP contribution in [0.1, 0.15) is 0 Å². The number of nitrogens with two attached hydrogens (primary N) is 1. The highest BCUT2D eigenvalue weighted by molar-refractivity contribution is 9.10. The Hall–Kier alpha value is -1.05. The fourth-order valence-electron chi connectivity index (χ4n) is 1.18. The number of amides is 1. The minimum Gasteiger partial charge on any atom is -0.370 e. The van der Waals surface area contributed by atoms with Gasteiger partial charge in [0.15, 0.2) is 11.6 Å². The number of halogens is 3. The molecule has 1 amide bonds. The molecule has 0 spiro atoms. The zero-order chi connectivity index (χ0) is 13.0. The molecule has 0 heterocycles. The molecule has 1 aromatic rings. The number of carbonyl (C=O) groups excluding carboxylic acids is 1. The molecule has 1 aromatic carbocycles. The molecule has 1 atom stereocenters. The zero-order valence-electron chi connectivity index (χ0n) is 8.97. The molecule has 7 heteroatoms. The second-order valence-corrected chi connectivity index (χ2v) is 4.11. The lowest BCUT2D eigenvalue weighted by Gasteiger charge is -2.14. The quantitative estimate of drug-likeness (QED) is 0.889. The van der Waals surface area contributed by atoms with Gasteiger partial charge < -0.3 is 15.8 Å². The lowest BCUT2D eigenvalue weighted by molar-refractivity contribution is -0.125. The van der Waals surface area contributed by atoms with Crippen molar-refractivity contribution in [2.45, 2.75) is 6.10 Å². The maximum absolute atomic E-state index is 13.4. The van der Waals surface area contributed by atoms with Crippen LogP contribution in [0, 0.1) is 11.6 Å². The van der Waals surface area contributed by atoms with Crippen LogP contribution in [0.4, 0.5) is 14.5 Å². The van der Waals surface area contributed by atoms with Crippen LogP contribution < -0.4 is 11.1 Å². The number of anilines is 1. The van der Waals surface area contributed by atoms with Crippen LogP contribution >= 0.6 is 15.9 Å². The van der Waals surface area contributed by atoms with E-state index >= 15 is 0 Å². The van der Waals surface area contributed by atoms with Gasteiger partial charge in [-0.05, 0) is 12.1 Å². The molecular weight excluding hydrogens is 298 g/mol. The fraction of sp³-hybridized carbons (Fsp3) is 0.300. The van der Waals surface area contributed by atoms with Crippen LogP contribution in [0.5, 0.6) is 0 Å². The molecule has 1 unspecified atom stereocenters. The summed E-state index contributed by atoms with van der Waals surface area (Å²) < 4.78 is 31.8. The van der Waals surface area contributed by atoms with Crippen molar-refractivity contribution in [3.8, 4) is 0 Å². The van der Waals surface area contributed by atoms with Gasteiger partial charge in [0.25, 0.3) is 5.91 Å². The Morgan fingerprint density at radius 3 is 2.47 bits per heavy atom. The van der Waals surface area contributed by atoms with Gasteiger partial charge in [-0.1, -0.05) is 15.9 Å². The highest BCUT2D eigenvalue weighted by Crippen LogP contribution is 2.23. The minimum atomic E-state index is -0.947. The van der Waals surface area contributed by atoms with Crippen molar-refractivity contribution in [1.29, 1.82) is 0 Å². The van der Waals surface area contributed by atoms with Crippen LogP contribution in [0.15, 0.2) is 16.6 Å². The number of carbonyl (C=O) groups is 1. The lowest BCUT2D eigenvalue weighted by atomic mass is 10.2. The fourth-order valence-corrected chi connectivity index (χ4v) is 1.58. The normalized spacial score (nSPS) is 12.3. The van der Waals surface area contributed by atoms with Gasteiger partial charge in [0.2, 0.25) is 0 Å². The van der Waals surface area contributed by atoms with E-state index in [1.807, 2.05) is 0 Å². The first-order valence-electron chi connectivity index (χ1n) is 4.67. The first kappa shape index (κ1) is 14.0. The average molecular weight is 309 g/mol. The summed E-state index contributed by atoms with van der Waals surface area (Å²) in [6, 6.07) is 2.09. The first-order valence-corrected chi connectivity index (χ1v) is 5.47. The number of nitrogens with one attached hydrogen (secondary N) is 1. The first-order chi connectivity index (χ1) is 7.99. The SMILES string of the molecule is COC(CN)C(=O)Nc1c(F)cc(Br)cc1F. The van der Waals surface area contributed by atoms with Crippen LogP contribution in [0.2, 0.25) is 0 Å². The maximum atomic E-state index is 13.4. The summed E-state index contributed by atoms with van der Waals surface area (Å²) in [4.78, 5) is 11.5. The van der Waals surface area contributed by atoms with Gasteiger partial charge in [-0.3, -0.25) is 4.79 Å². The molecule has 1 rings (SSSR count). The maximum Gasteiger partial charge on any atom is 0.254 e. The summed E-state index contributed by atoms with van der Waals surface area (Å²) in [5.41, 5.74) is 4.74. The number of methoxy groups -OCH3 is 1. The van der Waals surface area contributed by atoms with Gasteiger partial charge in [0, 0.05) is 18.1 Å². The Morgan fingerprint density at radius 2 is 2.06 bits per heavy atom. The molecule has 3 N–H and O–H groups in total. The van der Waals surface area contributed by atoms with Crippen molar-refractivity contribution >= 4 is 27.5 Å². The molecule has 0 aliphatic carbocycles. The second-order valence-electron chi connectivity index (χ2n) is 3.19. The van der Waals surface area contributed by atoms with Crippen molar-refractivity contribution in [3.05, 3.63) is 28.2 Å². The van der Waals surface area contributed by atoms with Crippen LogP contribution in [-0.4, -0.2) is 25.7 Å². The predicted molar refractivity (Wildman–Crippen MR) is 62.5 cm³/mol. The van der Waals surface area contributed by atoms with Crippen molar-refractivity contribution in [1.82, 2.24) is 0 Å². The molecule has 94 valence electrons. The van der Waals surface area contributed by atoms with E-state index in [9.17, 15) is 13.6 Å². The van der Waals surface area contributed by atoms with E-state index in [2.05, 4.69) is 21.2 Å². The molecule has 0 bridgehead atoms. The molecule has 0 radical (unpaired) electrons. The molecule has 0 aliphatic heterocycles. The number of hydrogen-bond donors (Lipinski definition) is 2. The van der Waals surface area contributed by atoms with E-state index in [4.69, 9.17) is 10.5 Å². The van der Waals surface area contributed by atoms with Gasteiger partial charge in [-0.25, -0.2) is 8.78 Å². The van der Waals surface area contributed by atoms with Crippen LogP contribution in [-0.2, 0) is 9.53 Å². The largest absolute Gasteiger partial charge is 0.370 e. The molecule has 4 nitrogen and oxygen atoms in total. The van der Waals surface area contributed by atoms with Crippen molar-refractivity contribution < 1.29 is 18.3 Å². The minimum absolute atomic E-state index is 0.0813. The third kappa shape index (κ3) is 3.45. The van der Waals surface area contributed by atoms with Crippen molar-refractivity contribution in [2.24, 2.45) is 5.73 Å². The summed E-state index contributed by atoms with van der Waals surface area (Å²) in [5, 5.41) is 2.09. The lowest BCUT2D eigenvalue weighted by Crippen LogP contribution is -2.36. The Balaban J connectivity index is 2.92. The topological polar surface area (TPSA) is 64.3 Å². The van der Waals surface area contributed by atoms with Gasteiger partial charge in [0.05, 0.1) is 0 Å². The van der Waals surface area contributed by atoms with E-state index in [-0.39, 0.29) is 11.0 Å². The molecule has 0 saturated heterocycles. The van der Waals surface area contributed by atoms with Crippen LogP contribution in [0.3, 0.4) is 0 Å². The van der Waals surface area contributed by atoms with Crippen LogP contribution in [0.25, 0.3) is 0 Å². The molecular formula is C10H11BrF2N2O2. The summed E-state index contributed by atoms with van der Waals surface area (Å²) in [7, 11) is 1.28. The standard InChI is InChI=1S/C10H11BrF2N2O2/c1-17-8(4-14)10(16)15-9-6(12)2-5(11)3-7(9)13/h2-3,8H,4,14H2,1H3,(H,15,16). The van der Waals surface area contributed by atoms with E-state index < -0.39 is 29.3 Å². The highest BCUT2D eigenvalue weighted by atomic mass is 79.9. The van der Waals surface area contributed by atoms with E-state index in [1.165, 1.54) is 7.11 Å². The number of rotatable bonds is 4. The Bertz CT molecular complexity index is 402.